The molecule has 0 bridgehead atoms. The molecular formula is C29H41N3O5. The predicted octanol–water partition coefficient (Wildman–Crippen LogP) is 4.93. The fraction of sp³-hybridized carbons (Fsp3) is 0.483. The zero-order valence-corrected chi connectivity index (χ0v) is 22.8. The molecule has 0 saturated heterocycles. The van der Waals surface area contributed by atoms with Crippen LogP contribution in [0.3, 0.4) is 0 Å². The number of alkyl carbamates (subject to hydrolysis) is 1. The number of carbonyl (C=O) groups excluding carboxylic acids is 3. The van der Waals surface area contributed by atoms with Gasteiger partial charge in [-0.05, 0) is 56.4 Å². The summed E-state index contributed by atoms with van der Waals surface area (Å²) in [5.74, 6) is -1.04. The summed E-state index contributed by atoms with van der Waals surface area (Å²) in [4.78, 5) is 41.7. The Hall–Kier alpha value is -3.55. The minimum atomic E-state index is -1.00. The fourth-order valence-corrected chi connectivity index (χ4v) is 3.87. The van der Waals surface area contributed by atoms with Gasteiger partial charge >= 0.3 is 6.09 Å². The first-order valence-corrected chi connectivity index (χ1v) is 12.8. The molecule has 0 aliphatic heterocycles. The molecule has 3 amide bonds. The normalized spacial score (nSPS) is 12.9. The summed E-state index contributed by atoms with van der Waals surface area (Å²) in [6.45, 7) is 11.5. The number of aromatic hydroxyl groups is 1. The molecule has 2 rings (SSSR count). The zero-order valence-electron chi connectivity index (χ0n) is 22.8. The van der Waals surface area contributed by atoms with Crippen molar-refractivity contribution in [1.82, 2.24) is 15.5 Å². The summed E-state index contributed by atoms with van der Waals surface area (Å²) >= 11 is 0. The Morgan fingerprint density at radius 3 is 2.27 bits per heavy atom. The van der Waals surface area contributed by atoms with Gasteiger partial charge in [0.05, 0.1) is 0 Å². The number of carbonyl (C=O) groups is 3. The summed E-state index contributed by atoms with van der Waals surface area (Å²) < 4.78 is 5.39. The van der Waals surface area contributed by atoms with E-state index in [0.29, 0.717) is 18.5 Å². The Kier molecular flexibility index (Phi) is 11.0. The molecule has 0 aliphatic carbocycles. The van der Waals surface area contributed by atoms with Gasteiger partial charge < -0.3 is 25.4 Å². The van der Waals surface area contributed by atoms with Crippen molar-refractivity contribution in [3.8, 4) is 5.75 Å². The lowest BCUT2D eigenvalue weighted by Gasteiger charge is -2.35. The van der Waals surface area contributed by atoms with E-state index in [2.05, 4.69) is 10.6 Å². The second-order valence-corrected chi connectivity index (χ2v) is 10.5. The Morgan fingerprint density at radius 2 is 1.70 bits per heavy atom. The summed E-state index contributed by atoms with van der Waals surface area (Å²) in [6.07, 6.45) is 0.760. The minimum absolute atomic E-state index is 0.00598. The van der Waals surface area contributed by atoms with Gasteiger partial charge in [0.1, 0.15) is 23.4 Å². The molecule has 202 valence electrons. The lowest BCUT2D eigenvalue weighted by atomic mass is 9.98. The molecule has 0 radical (unpaired) electrons. The van der Waals surface area contributed by atoms with Crippen molar-refractivity contribution < 1.29 is 24.2 Å². The maximum atomic E-state index is 14.0. The number of ether oxygens (including phenoxy) is 1. The van der Waals surface area contributed by atoms with Gasteiger partial charge in [0.15, 0.2) is 0 Å². The largest absolute Gasteiger partial charge is 0.508 e. The van der Waals surface area contributed by atoms with Crippen LogP contribution in [0.2, 0.25) is 0 Å². The molecule has 2 unspecified atom stereocenters. The third-order valence-electron chi connectivity index (χ3n) is 5.70. The van der Waals surface area contributed by atoms with Crippen LogP contribution in [0.4, 0.5) is 4.79 Å². The highest BCUT2D eigenvalue weighted by Gasteiger charge is 2.37. The first-order valence-electron chi connectivity index (χ1n) is 12.8. The second-order valence-electron chi connectivity index (χ2n) is 10.5. The maximum absolute atomic E-state index is 14.0. The number of nitrogens with zero attached hydrogens (tertiary/aromatic N) is 1. The lowest BCUT2D eigenvalue weighted by molar-refractivity contribution is -0.143. The van der Waals surface area contributed by atoms with Gasteiger partial charge in [0.2, 0.25) is 11.8 Å². The number of hydrogen-bond donors (Lipinski definition) is 3. The molecule has 0 saturated carbocycles. The van der Waals surface area contributed by atoms with Crippen molar-refractivity contribution in [3.63, 3.8) is 0 Å². The van der Waals surface area contributed by atoms with Gasteiger partial charge in [-0.2, -0.15) is 0 Å². The van der Waals surface area contributed by atoms with Crippen LogP contribution in [-0.4, -0.2) is 46.1 Å². The SMILES string of the molecule is CCCCN(C(=O)C(NC(=O)OC(C)(C)C)C(C)C)C(C(=O)NCc1ccccc1)c1cccc(O)c1. The molecule has 2 aromatic carbocycles. The number of amides is 3. The van der Waals surface area contributed by atoms with E-state index in [4.69, 9.17) is 4.74 Å². The highest BCUT2D eigenvalue weighted by molar-refractivity contribution is 5.92. The molecule has 2 atom stereocenters. The molecule has 8 nitrogen and oxygen atoms in total. The van der Waals surface area contributed by atoms with Crippen LogP contribution < -0.4 is 10.6 Å². The van der Waals surface area contributed by atoms with Crippen LogP contribution in [0.15, 0.2) is 54.6 Å². The number of hydrogen-bond acceptors (Lipinski definition) is 5. The summed E-state index contributed by atoms with van der Waals surface area (Å²) in [7, 11) is 0. The van der Waals surface area contributed by atoms with Gasteiger partial charge in [-0.3, -0.25) is 9.59 Å². The fourth-order valence-electron chi connectivity index (χ4n) is 3.87. The number of benzene rings is 2. The van der Waals surface area contributed by atoms with Gasteiger partial charge in [-0.1, -0.05) is 69.7 Å². The molecule has 0 spiro atoms. The first kappa shape index (κ1) is 29.7. The number of unbranched alkanes of at least 4 members (excludes halogenated alkanes) is 1. The summed E-state index contributed by atoms with van der Waals surface area (Å²) in [5.41, 5.74) is 0.677. The van der Waals surface area contributed by atoms with E-state index in [-0.39, 0.29) is 24.1 Å². The van der Waals surface area contributed by atoms with Crippen LogP contribution in [0, 0.1) is 5.92 Å². The summed E-state index contributed by atoms with van der Waals surface area (Å²) in [5, 5.41) is 15.8. The van der Waals surface area contributed by atoms with Crippen LogP contribution in [-0.2, 0) is 20.9 Å². The monoisotopic (exact) mass is 511 g/mol. The van der Waals surface area contributed by atoms with Gasteiger partial charge in [0, 0.05) is 13.1 Å². The van der Waals surface area contributed by atoms with E-state index in [0.717, 1.165) is 12.0 Å². The standard InChI is InChI=1S/C29H41N3O5/c1-7-8-17-32(27(35)24(20(2)3)31-28(36)37-29(4,5)6)25(22-15-12-16-23(33)18-22)26(34)30-19-21-13-10-9-11-14-21/h9-16,18,20,24-25,33H,7-8,17,19H2,1-6H3,(H,30,34)(H,31,36). The van der Waals surface area contributed by atoms with Crippen molar-refractivity contribution in [2.45, 2.75) is 78.6 Å². The number of nitrogens with one attached hydrogen (secondary N) is 2. The molecule has 0 aliphatic rings. The highest BCUT2D eigenvalue weighted by Crippen LogP contribution is 2.27. The van der Waals surface area contributed by atoms with Crippen molar-refractivity contribution >= 4 is 17.9 Å². The third-order valence-corrected chi connectivity index (χ3v) is 5.70. The summed E-state index contributed by atoms with van der Waals surface area (Å²) in [6, 6.07) is 13.9. The molecule has 2 aromatic rings. The Labute approximate surface area is 220 Å². The van der Waals surface area contributed by atoms with Crippen LogP contribution >= 0.6 is 0 Å². The van der Waals surface area contributed by atoms with Crippen molar-refractivity contribution in [3.05, 3.63) is 65.7 Å². The van der Waals surface area contributed by atoms with E-state index >= 15 is 0 Å². The van der Waals surface area contributed by atoms with E-state index in [9.17, 15) is 19.5 Å². The quantitative estimate of drug-likeness (QED) is 0.397. The molecule has 0 heterocycles. The second kappa shape index (κ2) is 13.7. The van der Waals surface area contributed by atoms with E-state index in [1.165, 1.54) is 17.0 Å². The molecule has 0 aromatic heterocycles. The molecular weight excluding hydrogens is 470 g/mol. The lowest BCUT2D eigenvalue weighted by Crippen LogP contribution is -2.55. The van der Waals surface area contributed by atoms with E-state index < -0.39 is 29.7 Å². The predicted molar refractivity (Wildman–Crippen MR) is 144 cm³/mol. The van der Waals surface area contributed by atoms with Gasteiger partial charge in [0.25, 0.3) is 0 Å². The Morgan fingerprint density at radius 1 is 1.03 bits per heavy atom. The van der Waals surface area contributed by atoms with Gasteiger partial charge in [-0.15, -0.1) is 0 Å². The number of rotatable bonds is 11. The van der Waals surface area contributed by atoms with Crippen molar-refractivity contribution in [2.24, 2.45) is 5.92 Å². The number of phenols is 1. The van der Waals surface area contributed by atoms with Crippen molar-refractivity contribution in [1.29, 1.82) is 0 Å². The average molecular weight is 512 g/mol. The molecule has 8 heteroatoms. The Balaban J connectivity index is 2.43. The minimum Gasteiger partial charge on any atom is -0.508 e. The number of phenolic OH excluding ortho intramolecular Hbond substituents is 1. The van der Waals surface area contributed by atoms with Crippen molar-refractivity contribution in [2.75, 3.05) is 6.54 Å². The molecule has 3 N–H and O–H groups in total. The first-order chi connectivity index (χ1) is 17.4. The van der Waals surface area contributed by atoms with Crippen LogP contribution in [0.5, 0.6) is 5.75 Å². The third kappa shape index (κ3) is 9.44. The van der Waals surface area contributed by atoms with Crippen LogP contribution in [0.25, 0.3) is 0 Å². The smallest absolute Gasteiger partial charge is 0.408 e. The maximum Gasteiger partial charge on any atom is 0.408 e. The topological polar surface area (TPSA) is 108 Å². The highest BCUT2D eigenvalue weighted by atomic mass is 16.6. The van der Waals surface area contributed by atoms with Crippen LogP contribution in [0.1, 0.15) is 71.6 Å². The Bertz CT molecular complexity index is 1030. The average Bonchev–Trinajstić information content (AvgIpc) is 2.82. The van der Waals surface area contributed by atoms with E-state index in [1.54, 1.807) is 32.9 Å². The van der Waals surface area contributed by atoms with Gasteiger partial charge in [-0.25, -0.2) is 4.79 Å². The zero-order chi connectivity index (χ0) is 27.6. The van der Waals surface area contributed by atoms with E-state index in [1.807, 2.05) is 51.1 Å². The molecule has 37 heavy (non-hydrogen) atoms. The molecule has 0 fully saturated rings.